The highest BCUT2D eigenvalue weighted by molar-refractivity contribution is 5.77. The molecule has 0 N–H and O–H groups in total. The van der Waals surface area contributed by atoms with Gasteiger partial charge in [0.05, 0.1) is 0 Å². The van der Waals surface area contributed by atoms with Crippen molar-refractivity contribution in [2.45, 2.75) is 111 Å². The minimum atomic E-state index is 0. The van der Waals surface area contributed by atoms with Gasteiger partial charge in [-0.2, -0.15) is 0 Å². The van der Waals surface area contributed by atoms with E-state index in [0.717, 1.165) is 0 Å². The van der Waals surface area contributed by atoms with E-state index in [1.165, 1.54) is 13.8 Å². The maximum Gasteiger partial charge on any atom is 0.132 e. The van der Waals surface area contributed by atoms with E-state index in [1.807, 2.05) is 27.7 Å². The number of rotatable bonds is 4. The minimum absolute atomic E-state index is 0. The van der Waals surface area contributed by atoms with Crippen LogP contribution in [0.25, 0.3) is 0 Å². The van der Waals surface area contributed by atoms with Crippen LogP contribution in [0, 0.1) is 0 Å². The molecule has 0 amide bonds. The van der Waals surface area contributed by atoms with Crippen LogP contribution in [-0.2, 0) is 19.2 Å². The third-order valence-electron chi connectivity index (χ3n) is 1.78. The van der Waals surface area contributed by atoms with Crippen LogP contribution in [-0.4, -0.2) is 23.1 Å². The third-order valence-corrected chi connectivity index (χ3v) is 1.78. The molecule has 0 saturated carbocycles. The quantitative estimate of drug-likeness (QED) is 0.580. The zero-order valence-corrected chi connectivity index (χ0v) is 14.5. The lowest BCUT2D eigenvalue weighted by atomic mass is 10.3. The van der Waals surface area contributed by atoms with E-state index in [2.05, 4.69) is 0 Å². The molecular formula is C20H48O4. The first-order chi connectivity index (χ1) is 9.08. The highest BCUT2D eigenvalue weighted by atomic mass is 16.1. The molecule has 0 atom stereocenters. The lowest BCUT2D eigenvalue weighted by Crippen LogP contribution is -1.88. The van der Waals surface area contributed by atoms with Crippen molar-refractivity contribution in [3.05, 3.63) is 0 Å². The molecule has 0 aromatic rings. The normalized spacial score (nSPS) is 6.33. The second-order valence-corrected chi connectivity index (χ2v) is 4.27. The number of carbonyl (C=O) groups is 4. The summed E-state index contributed by atoms with van der Waals surface area (Å²) in [7, 11) is 0. The Labute approximate surface area is 153 Å². The van der Waals surface area contributed by atoms with Gasteiger partial charge in [-0.25, -0.2) is 0 Å². The summed E-state index contributed by atoms with van der Waals surface area (Å²) in [4.78, 5) is 39.2. The number of ketones is 4. The first-order valence-corrected chi connectivity index (χ1v) is 7.06. The highest BCUT2D eigenvalue weighted by Gasteiger charge is 1.86. The summed E-state index contributed by atoms with van der Waals surface area (Å²) >= 11 is 0. The van der Waals surface area contributed by atoms with E-state index < -0.39 is 0 Å². The van der Waals surface area contributed by atoms with Crippen molar-refractivity contribution < 1.29 is 19.2 Å². The Kier molecular flexibility index (Phi) is 88.7. The van der Waals surface area contributed by atoms with Gasteiger partial charge in [0.1, 0.15) is 23.1 Å². The summed E-state index contributed by atoms with van der Waals surface area (Å²) in [5.41, 5.74) is 0. The van der Waals surface area contributed by atoms with E-state index in [0.29, 0.717) is 31.5 Å². The molecular weight excluding hydrogens is 304 g/mol. The van der Waals surface area contributed by atoms with Gasteiger partial charge in [0.2, 0.25) is 0 Å². The van der Waals surface area contributed by atoms with Gasteiger partial charge in [-0.1, -0.05) is 57.4 Å². The average Bonchev–Trinajstić information content (AvgIpc) is 2.38. The molecule has 0 saturated heterocycles. The van der Waals surface area contributed by atoms with Crippen molar-refractivity contribution in [2.75, 3.05) is 0 Å². The maximum atomic E-state index is 10.2. The second-order valence-electron chi connectivity index (χ2n) is 4.27. The zero-order valence-electron chi connectivity index (χ0n) is 14.5. The zero-order chi connectivity index (χ0) is 17.1. The number of hydrogen-bond donors (Lipinski definition) is 0. The molecule has 0 aromatic heterocycles. The molecule has 0 aromatic carbocycles. The first kappa shape index (κ1) is 49.5. The Balaban J connectivity index is -0.0000000226. The number of carbonyl (C=O) groups excluding carboxylic acids is 4. The molecule has 0 spiro atoms. The average molecular weight is 353 g/mol. The maximum absolute atomic E-state index is 10.2. The molecule has 24 heavy (non-hydrogen) atoms. The van der Waals surface area contributed by atoms with Crippen LogP contribution in [0.5, 0.6) is 0 Å². The number of Topliss-reactive ketones (excluding diaryl/α,β-unsaturated/α-hetero) is 4. The topological polar surface area (TPSA) is 68.3 Å². The van der Waals surface area contributed by atoms with Crippen molar-refractivity contribution in [3.63, 3.8) is 0 Å². The SMILES string of the molecule is C.C.C.C.CC(C)=O.CCC(=O)CC.CCC(C)=O.CCC(C)=O. The van der Waals surface area contributed by atoms with Gasteiger partial charge in [0.25, 0.3) is 0 Å². The second kappa shape index (κ2) is 43.0. The van der Waals surface area contributed by atoms with Crippen LogP contribution in [0.3, 0.4) is 0 Å². The highest BCUT2D eigenvalue weighted by Crippen LogP contribution is 1.83. The van der Waals surface area contributed by atoms with Crippen LogP contribution < -0.4 is 0 Å². The fraction of sp³-hybridized carbons (Fsp3) is 0.800. The van der Waals surface area contributed by atoms with E-state index in [1.54, 1.807) is 13.8 Å². The van der Waals surface area contributed by atoms with E-state index in [4.69, 9.17) is 0 Å². The van der Waals surface area contributed by atoms with Gasteiger partial charge >= 0.3 is 0 Å². The molecule has 0 aliphatic heterocycles. The van der Waals surface area contributed by atoms with Crippen LogP contribution in [0.1, 0.15) is 111 Å². The Hall–Kier alpha value is -1.32. The molecule has 0 rings (SSSR count). The predicted molar refractivity (Wildman–Crippen MR) is 111 cm³/mol. The lowest BCUT2D eigenvalue weighted by molar-refractivity contribution is -0.118. The Morgan fingerprint density at radius 1 is 0.500 bits per heavy atom. The fourth-order valence-corrected chi connectivity index (χ4v) is 0.250. The molecule has 0 unspecified atom stereocenters. The summed E-state index contributed by atoms with van der Waals surface area (Å²) in [5.74, 6) is 1.02. The van der Waals surface area contributed by atoms with E-state index in [-0.39, 0.29) is 47.1 Å². The van der Waals surface area contributed by atoms with Crippen LogP contribution in [0.4, 0.5) is 0 Å². The van der Waals surface area contributed by atoms with Gasteiger partial charge in [-0.15, -0.1) is 0 Å². The standard InChI is InChI=1S/C5H10O.2C4H8O.C3H6O.4CH4/c1-3-5(6)4-2;2*1-3-4(2)5;1-3(2)4;;;;/h3-4H2,1-2H3;2*3H2,1-2H3;1-2H3;4*1H4. The summed E-state index contributed by atoms with van der Waals surface area (Å²) in [5, 5.41) is 0. The molecule has 0 aliphatic carbocycles. The summed E-state index contributed by atoms with van der Waals surface area (Å²) in [6.07, 6.45) is 2.72. The van der Waals surface area contributed by atoms with Crippen LogP contribution >= 0.6 is 0 Å². The van der Waals surface area contributed by atoms with Gasteiger partial charge in [0, 0.05) is 25.7 Å². The van der Waals surface area contributed by atoms with E-state index in [9.17, 15) is 19.2 Å². The van der Waals surface area contributed by atoms with Crippen LogP contribution in [0.15, 0.2) is 0 Å². The van der Waals surface area contributed by atoms with E-state index >= 15 is 0 Å². The lowest BCUT2D eigenvalue weighted by Gasteiger charge is -1.81. The van der Waals surface area contributed by atoms with Crippen molar-refractivity contribution in [1.29, 1.82) is 0 Å². The monoisotopic (exact) mass is 352 g/mol. The molecule has 0 aliphatic rings. The van der Waals surface area contributed by atoms with Gasteiger partial charge in [-0.3, -0.25) is 4.79 Å². The minimum Gasteiger partial charge on any atom is -0.300 e. The predicted octanol–water partition coefficient (Wildman–Crippen LogP) is 6.49. The third kappa shape index (κ3) is 179. The van der Waals surface area contributed by atoms with Crippen molar-refractivity contribution in [2.24, 2.45) is 0 Å². The van der Waals surface area contributed by atoms with Gasteiger partial charge in [-0.05, 0) is 27.7 Å². The Morgan fingerprint density at radius 3 is 0.625 bits per heavy atom. The van der Waals surface area contributed by atoms with Crippen LogP contribution in [0.2, 0.25) is 0 Å². The van der Waals surface area contributed by atoms with Gasteiger partial charge < -0.3 is 14.4 Å². The Bertz CT molecular complexity index is 245. The van der Waals surface area contributed by atoms with Crippen molar-refractivity contribution in [3.8, 4) is 0 Å². The smallest absolute Gasteiger partial charge is 0.132 e. The van der Waals surface area contributed by atoms with Crippen molar-refractivity contribution >= 4 is 23.1 Å². The first-order valence-electron chi connectivity index (χ1n) is 7.06. The molecule has 152 valence electrons. The molecule has 4 heteroatoms. The number of hydrogen-bond acceptors (Lipinski definition) is 4. The van der Waals surface area contributed by atoms with Gasteiger partial charge in [0.15, 0.2) is 0 Å². The molecule has 0 heterocycles. The molecule has 0 radical (unpaired) electrons. The molecule has 4 nitrogen and oxygen atoms in total. The summed E-state index contributed by atoms with van der Waals surface area (Å²) < 4.78 is 0. The fourth-order valence-electron chi connectivity index (χ4n) is 0.250. The Morgan fingerprint density at radius 2 is 0.625 bits per heavy atom. The summed E-state index contributed by atoms with van der Waals surface area (Å²) in [6.45, 7) is 13.7. The molecule has 0 bridgehead atoms. The molecule has 0 fully saturated rings. The van der Waals surface area contributed by atoms with Crippen molar-refractivity contribution in [1.82, 2.24) is 0 Å². The largest absolute Gasteiger partial charge is 0.300 e. The summed E-state index contributed by atoms with van der Waals surface area (Å²) in [6, 6.07) is 0.